The van der Waals surface area contributed by atoms with Crippen LogP contribution in [-0.4, -0.2) is 9.78 Å². The molecular formula is C16H15ClFN3. The van der Waals surface area contributed by atoms with Crippen molar-refractivity contribution in [2.45, 2.75) is 20.0 Å². The molecule has 2 aromatic carbocycles. The lowest BCUT2D eigenvalue weighted by Crippen LogP contribution is -2.03. The molecule has 0 amide bonds. The van der Waals surface area contributed by atoms with Crippen molar-refractivity contribution in [2.24, 2.45) is 0 Å². The average molecular weight is 304 g/mol. The molecule has 3 aromatic rings. The van der Waals surface area contributed by atoms with Crippen LogP contribution in [0, 0.1) is 5.82 Å². The van der Waals surface area contributed by atoms with Crippen molar-refractivity contribution in [3.8, 4) is 0 Å². The van der Waals surface area contributed by atoms with E-state index in [0.29, 0.717) is 17.3 Å². The molecule has 1 aromatic heterocycles. The summed E-state index contributed by atoms with van der Waals surface area (Å²) in [5.41, 5.74) is 2.77. The largest absolute Gasteiger partial charge is 0.378 e. The van der Waals surface area contributed by atoms with Gasteiger partial charge in [-0.15, -0.1) is 0 Å². The van der Waals surface area contributed by atoms with Gasteiger partial charge in [-0.1, -0.05) is 29.8 Å². The zero-order chi connectivity index (χ0) is 14.8. The number of halogens is 2. The maximum Gasteiger partial charge on any atom is 0.124 e. The number of aromatic nitrogens is 2. The fourth-order valence-corrected chi connectivity index (χ4v) is 2.61. The molecule has 0 aliphatic carbocycles. The van der Waals surface area contributed by atoms with Crippen LogP contribution in [0.2, 0.25) is 5.02 Å². The van der Waals surface area contributed by atoms with Crippen molar-refractivity contribution in [3.05, 3.63) is 59.0 Å². The number of aryl methyl sites for hydroxylation is 1. The minimum Gasteiger partial charge on any atom is -0.378 e. The van der Waals surface area contributed by atoms with Crippen LogP contribution in [0.5, 0.6) is 0 Å². The molecule has 1 heterocycles. The van der Waals surface area contributed by atoms with Gasteiger partial charge in [0.2, 0.25) is 0 Å². The van der Waals surface area contributed by atoms with Gasteiger partial charge in [-0.05, 0) is 31.2 Å². The van der Waals surface area contributed by atoms with Crippen LogP contribution in [0.4, 0.5) is 10.1 Å². The Morgan fingerprint density at radius 3 is 2.81 bits per heavy atom. The second-order valence-electron chi connectivity index (χ2n) is 4.76. The summed E-state index contributed by atoms with van der Waals surface area (Å²) in [6, 6.07) is 12.4. The van der Waals surface area contributed by atoms with E-state index in [2.05, 4.69) is 29.5 Å². The second-order valence-corrected chi connectivity index (χ2v) is 5.16. The van der Waals surface area contributed by atoms with Crippen LogP contribution in [-0.2, 0) is 13.1 Å². The van der Waals surface area contributed by atoms with E-state index in [9.17, 15) is 4.39 Å². The molecule has 0 unspecified atom stereocenters. The predicted octanol–water partition coefficient (Wildman–Crippen LogP) is 4.46. The van der Waals surface area contributed by atoms with Gasteiger partial charge in [0.1, 0.15) is 5.82 Å². The summed E-state index contributed by atoms with van der Waals surface area (Å²) in [6.45, 7) is 3.42. The van der Waals surface area contributed by atoms with Crippen molar-refractivity contribution in [1.82, 2.24) is 9.78 Å². The molecule has 0 bridgehead atoms. The van der Waals surface area contributed by atoms with Gasteiger partial charge < -0.3 is 5.32 Å². The fourth-order valence-electron chi connectivity index (χ4n) is 2.38. The number of nitrogens with zero attached hydrogens (tertiary/aromatic N) is 2. The van der Waals surface area contributed by atoms with Crippen molar-refractivity contribution >= 4 is 28.2 Å². The van der Waals surface area contributed by atoms with E-state index < -0.39 is 0 Å². The highest BCUT2D eigenvalue weighted by Gasteiger charge is 2.09. The van der Waals surface area contributed by atoms with Gasteiger partial charge in [-0.3, -0.25) is 4.68 Å². The molecule has 0 spiro atoms. The number of hydrogen-bond acceptors (Lipinski definition) is 2. The van der Waals surface area contributed by atoms with Crippen molar-refractivity contribution < 1.29 is 4.39 Å². The Balaban J connectivity index is 1.88. The molecule has 0 fully saturated rings. The van der Waals surface area contributed by atoms with Gasteiger partial charge in [-0.2, -0.15) is 5.10 Å². The highest BCUT2D eigenvalue weighted by molar-refractivity contribution is 6.33. The molecule has 0 saturated carbocycles. The molecular weight excluding hydrogens is 289 g/mol. The quantitative estimate of drug-likeness (QED) is 0.771. The van der Waals surface area contributed by atoms with E-state index >= 15 is 0 Å². The fraction of sp³-hybridized carbons (Fsp3) is 0.188. The smallest absolute Gasteiger partial charge is 0.124 e. The lowest BCUT2D eigenvalue weighted by atomic mass is 10.2. The molecule has 3 rings (SSSR count). The standard InChI is InChI=1S/C16H15ClFN3/c1-2-21-16-6-4-3-5-12(16)15(20-21)10-19-14-8-7-11(18)9-13(14)17/h3-9,19H,2,10H2,1H3. The number of rotatable bonds is 4. The van der Waals surface area contributed by atoms with E-state index in [-0.39, 0.29) is 5.82 Å². The molecule has 21 heavy (non-hydrogen) atoms. The van der Waals surface area contributed by atoms with E-state index in [1.807, 2.05) is 16.8 Å². The first-order chi connectivity index (χ1) is 10.2. The van der Waals surface area contributed by atoms with Crippen LogP contribution in [0.1, 0.15) is 12.6 Å². The maximum atomic E-state index is 13.0. The Bertz CT molecular complexity index is 782. The summed E-state index contributed by atoms with van der Waals surface area (Å²) in [7, 11) is 0. The second kappa shape index (κ2) is 5.74. The van der Waals surface area contributed by atoms with Crippen molar-refractivity contribution in [2.75, 3.05) is 5.32 Å². The maximum absolute atomic E-state index is 13.0. The van der Waals surface area contributed by atoms with Gasteiger partial charge in [0.15, 0.2) is 0 Å². The third-order valence-corrected chi connectivity index (χ3v) is 3.72. The van der Waals surface area contributed by atoms with Gasteiger partial charge in [0.25, 0.3) is 0 Å². The average Bonchev–Trinajstić information content (AvgIpc) is 2.85. The van der Waals surface area contributed by atoms with Crippen LogP contribution in [0.15, 0.2) is 42.5 Å². The summed E-state index contributed by atoms with van der Waals surface area (Å²) in [6.07, 6.45) is 0. The Morgan fingerprint density at radius 1 is 1.24 bits per heavy atom. The van der Waals surface area contributed by atoms with E-state index in [0.717, 1.165) is 23.1 Å². The van der Waals surface area contributed by atoms with E-state index in [4.69, 9.17) is 11.6 Å². The normalized spacial score (nSPS) is 11.0. The van der Waals surface area contributed by atoms with Crippen molar-refractivity contribution in [3.63, 3.8) is 0 Å². The highest BCUT2D eigenvalue weighted by Crippen LogP contribution is 2.24. The van der Waals surface area contributed by atoms with Crippen LogP contribution in [0.25, 0.3) is 10.9 Å². The Labute approximate surface area is 127 Å². The summed E-state index contributed by atoms with van der Waals surface area (Å²) >= 11 is 6.02. The predicted molar refractivity (Wildman–Crippen MR) is 84.1 cm³/mol. The Hall–Kier alpha value is -2.07. The summed E-state index contributed by atoms with van der Waals surface area (Å²) < 4.78 is 15.0. The zero-order valence-electron chi connectivity index (χ0n) is 11.6. The van der Waals surface area contributed by atoms with Crippen molar-refractivity contribution in [1.29, 1.82) is 0 Å². The number of hydrogen-bond donors (Lipinski definition) is 1. The number of para-hydroxylation sites is 1. The molecule has 0 radical (unpaired) electrons. The Kier molecular flexibility index (Phi) is 3.80. The van der Waals surface area contributed by atoms with E-state index in [1.54, 1.807) is 6.07 Å². The molecule has 0 atom stereocenters. The molecule has 0 aliphatic heterocycles. The SMILES string of the molecule is CCn1nc(CNc2ccc(F)cc2Cl)c2ccccc21. The van der Waals surface area contributed by atoms with Gasteiger partial charge >= 0.3 is 0 Å². The van der Waals surface area contributed by atoms with Gasteiger partial charge in [-0.25, -0.2) is 4.39 Å². The zero-order valence-corrected chi connectivity index (χ0v) is 12.4. The first-order valence-electron chi connectivity index (χ1n) is 6.82. The van der Waals surface area contributed by atoms with Gasteiger partial charge in [0, 0.05) is 11.9 Å². The van der Waals surface area contributed by atoms with Crippen LogP contribution >= 0.6 is 11.6 Å². The first-order valence-corrected chi connectivity index (χ1v) is 7.20. The van der Waals surface area contributed by atoms with Crippen LogP contribution < -0.4 is 5.32 Å². The number of anilines is 1. The highest BCUT2D eigenvalue weighted by atomic mass is 35.5. The lowest BCUT2D eigenvalue weighted by molar-refractivity contribution is 0.628. The minimum absolute atomic E-state index is 0.341. The molecule has 3 nitrogen and oxygen atoms in total. The Morgan fingerprint density at radius 2 is 2.05 bits per heavy atom. The third kappa shape index (κ3) is 2.72. The topological polar surface area (TPSA) is 29.9 Å². The number of benzene rings is 2. The number of nitrogens with one attached hydrogen (secondary N) is 1. The molecule has 5 heteroatoms. The summed E-state index contributed by atoms with van der Waals surface area (Å²) in [4.78, 5) is 0. The minimum atomic E-state index is -0.341. The van der Waals surface area contributed by atoms with Gasteiger partial charge in [0.05, 0.1) is 28.5 Å². The number of fused-ring (bicyclic) bond motifs is 1. The first kappa shape index (κ1) is 13.9. The molecule has 108 valence electrons. The summed E-state index contributed by atoms with van der Waals surface area (Å²) in [5.74, 6) is -0.341. The van der Waals surface area contributed by atoms with E-state index in [1.165, 1.54) is 12.1 Å². The lowest BCUT2D eigenvalue weighted by Gasteiger charge is -2.07. The summed E-state index contributed by atoms with van der Waals surface area (Å²) in [5, 5.41) is 9.30. The molecule has 0 aliphatic rings. The molecule has 1 N–H and O–H groups in total. The third-order valence-electron chi connectivity index (χ3n) is 3.41. The monoisotopic (exact) mass is 303 g/mol. The van der Waals surface area contributed by atoms with Crippen LogP contribution in [0.3, 0.4) is 0 Å². The molecule has 0 saturated heterocycles.